The van der Waals surface area contributed by atoms with Gasteiger partial charge in [-0.05, 0) is 21.7 Å². The van der Waals surface area contributed by atoms with Crippen molar-refractivity contribution >= 4 is 0 Å². The molecule has 0 saturated carbocycles. The molecule has 0 unspecified atom stereocenters. The van der Waals surface area contributed by atoms with Gasteiger partial charge in [-0.15, -0.1) is 0 Å². The first kappa shape index (κ1) is 26.1. The first-order valence-corrected chi connectivity index (χ1v) is 9.72. The molecule has 3 heteroatoms. The van der Waals surface area contributed by atoms with Crippen LogP contribution < -0.4 is 9.97 Å². The summed E-state index contributed by atoms with van der Waals surface area (Å²) in [6.07, 6.45) is 0. The van der Waals surface area contributed by atoms with Crippen molar-refractivity contribution in [3.05, 3.63) is 47.0 Å². The van der Waals surface area contributed by atoms with Gasteiger partial charge in [0.25, 0.3) is 0 Å². The Kier molecular flexibility index (Phi) is 8.34. The number of hydrogen-bond acceptors (Lipinski definition) is 0. The minimum atomic E-state index is 0. The molecule has 2 nitrogen and oxygen atoms in total. The molecule has 0 fully saturated rings. The second kappa shape index (κ2) is 8.63. The van der Waals surface area contributed by atoms with E-state index < -0.39 is 0 Å². The monoisotopic (exact) mass is 408 g/mol. The summed E-state index contributed by atoms with van der Waals surface area (Å²) in [5.74, 6) is 0. The second-order valence-electron chi connectivity index (χ2n) is 11.4. The molecule has 2 heterocycles. The Morgan fingerprint density at radius 3 is 0.630 bits per heavy atom. The Balaban J connectivity index is 0.000000483. The molecule has 2 aromatic heterocycles. The van der Waals surface area contributed by atoms with Crippen LogP contribution in [0.15, 0.2) is 24.3 Å². The van der Waals surface area contributed by atoms with Crippen LogP contribution in [-0.4, -0.2) is 0 Å². The quantitative estimate of drug-likeness (QED) is 0.499. The molecular weight excluding hydrogens is 368 g/mol. The van der Waals surface area contributed by atoms with Crippen LogP contribution in [0.2, 0.25) is 0 Å². The van der Waals surface area contributed by atoms with E-state index in [2.05, 4.69) is 117 Å². The van der Waals surface area contributed by atoms with Gasteiger partial charge in [0.15, 0.2) is 0 Å². The van der Waals surface area contributed by atoms with Crippen LogP contribution in [0.25, 0.3) is 0 Å². The van der Waals surface area contributed by atoms with Gasteiger partial charge in [0.2, 0.25) is 0 Å². The molecule has 0 aliphatic heterocycles. The molecule has 0 N–H and O–H groups in total. The van der Waals surface area contributed by atoms with Gasteiger partial charge in [-0.2, -0.15) is 22.8 Å². The van der Waals surface area contributed by atoms with Crippen molar-refractivity contribution in [1.29, 1.82) is 0 Å². The molecule has 0 aliphatic rings. The fourth-order valence-electron chi connectivity index (χ4n) is 2.40. The van der Waals surface area contributed by atoms with Gasteiger partial charge < -0.3 is 9.97 Å². The Labute approximate surface area is 179 Å². The van der Waals surface area contributed by atoms with Crippen LogP contribution in [0.5, 0.6) is 0 Å². The Bertz CT molecular complexity index is 573. The van der Waals surface area contributed by atoms with Crippen LogP contribution >= 0.6 is 0 Å². The van der Waals surface area contributed by atoms with E-state index in [-0.39, 0.29) is 39.0 Å². The molecule has 2 rings (SSSR count). The standard InChI is InChI=1S/2C12H20N.Cr/c2*1-11(2,3)9-7-8-10(13-9)12(4,5)6;/h2*7-8H,1-6H3;/q2*-1;+2. The van der Waals surface area contributed by atoms with E-state index in [1.165, 1.54) is 22.8 Å². The van der Waals surface area contributed by atoms with E-state index in [0.717, 1.165) is 0 Å². The third-order valence-corrected chi connectivity index (χ3v) is 4.35. The zero-order valence-electron chi connectivity index (χ0n) is 19.6. The zero-order valence-corrected chi connectivity index (χ0v) is 20.9. The summed E-state index contributed by atoms with van der Waals surface area (Å²) in [7, 11) is 0. The maximum atomic E-state index is 4.65. The summed E-state index contributed by atoms with van der Waals surface area (Å²) in [6.45, 7) is 26.4. The van der Waals surface area contributed by atoms with Crippen molar-refractivity contribution in [2.75, 3.05) is 0 Å². The molecule has 0 atom stereocenters. The summed E-state index contributed by atoms with van der Waals surface area (Å²) in [6, 6.07) is 8.56. The van der Waals surface area contributed by atoms with Gasteiger partial charge in [0.05, 0.1) is 0 Å². The molecule has 0 spiro atoms. The predicted octanol–water partition coefficient (Wildman–Crippen LogP) is 6.48. The second-order valence-corrected chi connectivity index (χ2v) is 11.4. The summed E-state index contributed by atoms with van der Waals surface area (Å²) in [4.78, 5) is 9.31. The van der Waals surface area contributed by atoms with Gasteiger partial charge in [0, 0.05) is 0 Å². The molecular formula is C24H40CrN2. The van der Waals surface area contributed by atoms with E-state index >= 15 is 0 Å². The van der Waals surface area contributed by atoms with Crippen LogP contribution in [0.3, 0.4) is 0 Å². The van der Waals surface area contributed by atoms with E-state index in [0.29, 0.717) is 0 Å². The van der Waals surface area contributed by atoms with Gasteiger partial charge in [-0.3, -0.25) is 0 Å². The van der Waals surface area contributed by atoms with E-state index in [4.69, 9.17) is 0 Å². The van der Waals surface area contributed by atoms with Crippen molar-refractivity contribution in [3.8, 4) is 0 Å². The minimum Gasteiger partial charge on any atom is -0.664 e. The van der Waals surface area contributed by atoms with Crippen molar-refractivity contribution in [3.63, 3.8) is 0 Å². The molecule has 27 heavy (non-hydrogen) atoms. The smallest absolute Gasteiger partial charge is 0.664 e. The summed E-state index contributed by atoms with van der Waals surface area (Å²) in [5.41, 5.74) is 5.45. The van der Waals surface area contributed by atoms with E-state index in [1.54, 1.807) is 0 Å². The van der Waals surface area contributed by atoms with Gasteiger partial charge in [-0.25, -0.2) is 0 Å². The molecule has 0 aromatic carbocycles. The van der Waals surface area contributed by atoms with Crippen molar-refractivity contribution in [2.24, 2.45) is 0 Å². The molecule has 2 aromatic rings. The molecule has 0 saturated heterocycles. The zero-order chi connectivity index (χ0) is 20.6. The fourth-order valence-corrected chi connectivity index (χ4v) is 2.40. The molecule has 0 radical (unpaired) electrons. The first-order chi connectivity index (χ1) is 11.4. The molecule has 152 valence electrons. The first-order valence-electron chi connectivity index (χ1n) is 9.72. The Morgan fingerprint density at radius 2 is 0.556 bits per heavy atom. The van der Waals surface area contributed by atoms with Crippen LogP contribution in [0.4, 0.5) is 0 Å². The van der Waals surface area contributed by atoms with Gasteiger partial charge in [-0.1, -0.05) is 107 Å². The number of rotatable bonds is 0. The fraction of sp³-hybridized carbons (Fsp3) is 0.667. The van der Waals surface area contributed by atoms with Crippen LogP contribution in [0, 0.1) is 0 Å². The van der Waals surface area contributed by atoms with E-state index in [1.807, 2.05) is 0 Å². The molecule has 0 bridgehead atoms. The molecule has 0 amide bonds. The average Bonchev–Trinajstić information content (AvgIpc) is 3.06. The predicted molar refractivity (Wildman–Crippen MR) is 114 cm³/mol. The Morgan fingerprint density at radius 1 is 0.407 bits per heavy atom. The minimum absolute atomic E-state index is 0. The third kappa shape index (κ3) is 7.92. The average molecular weight is 409 g/mol. The third-order valence-electron chi connectivity index (χ3n) is 4.35. The van der Waals surface area contributed by atoms with Crippen molar-refractivity contribution in [1.82, 2.24) is 9.97 Å². The van der Waals surface area contributed by atoms with Crippen LogP contribution in [0.1, 0.15) is 106 Å². The summed E-state index contributed by atoms with van der Waals surface area (Å²) >= 11 is 0. The normalized spacial score (nSPS) is 12.9. The van der Waals surface area contributed by atoms with Crippen molar-refractivity contribution < 1.29 is 17.4 Å². The number of aromatic nitrogens is 2. The van der Waals surface area contributed by atoms with E-state index in [9.17, 15) is 0 Å². The molecule has 0 aliphatic carbocycles. The summed E-state index contributed by atoms with van der Waals surface area (Å²) < 4.78 is 0. The number of nitrogens with zero attached hydrogens (tertiary/aromatic N) is 2. The topological polar surface area (TPSA) is 28.2 Å². The maximum Gasteiger partial charge on any atom is 2.00 e. The van der Waals surface area contributed by atoms with Gasteiger partial charge in [0.1, 0.15) is 0 Å². The maximum absolute atomic E-state index is 4.65. The van der Waals surface area contributed by atoms with Gasteiger partial charge >= 0.3 is 17.4 Å². The van der Waals surface area contributed by atoms with Crippen LogP contribution in [-0.2, 0) is 39.0 Å². The summed E-state index contributed by atoms with van der Waals surface area (Å²) in [5, 5.41) is 0. The largest absolute Gasteiger partial charge is 2.00 e. The SMILES string of the molecule is CC(C)(C)c1ccc(C(C)(C)C)[n-]1.CC(C)(C)c1ccc(C(C)(C)C)[n-]1.[Cr+2]. The Hall–Kier alpha value is -0.908. The van der Waals surface area contributed by atoms with Crippen molar-refractivity contribution in [2.45, 2.75) is 105 Å². The number of hydrogen-bond donors (Lipinski definition) is 0.